The van der Waals surface area contributed by atoms with Gasteiger partial charge < -0.3 is 10.1 Å². The first kappa shape index (κ1) is 12.7. The van der Waals surface area contributed by atoms with Crippen LogP contribution in [0.25, 0.3) is 10.9 Å². The Hall–Kier alpha value is -1.32. The first-order valence-corrected chi connectivity index (χ1v) is 7.04. The number of likely N-dealkylation sites (tertiary alicyclic amines) is 1. The molecule has 0 aliphatic carbocycles. The molecule has 0 bridgehead atoms. The van der Waals surface area contributed by atoms with E-state index in [-0.39, 0.29) is 0 Å². The van der Waals surface area contributed by atoms with Gasteiger partial charge in [-0.3, -0.25) is 4.90 Å². The monoisotopic (exact) mass is 258 g/mol. The number of H-pyrrole nitrogens is 1. The van der Waals surface area contributed by atoms with Crippen LogP contribution in [-0.2, 0) is 6.54 Å². The molecule has 0 amide bonds. The molecule has 19 heavy (non-hydrogen) atoms. The summed E-state index contributed by atoms with van der Waals surface area (Å²) in [7, 11) is 0. The Bertz CT molecular complexity index is 534. The molecule has 0 saturated carbocycles. The maximum absolute atomic E-state index is 10.1. The van der Waals surface area contributed by atoms with Crippen molar-refractivity contribution in [3.05, 3.63) is 36.0 Å². The third kappa shape index (κ3) is 2.67. The Morgan fingerprint density at radius 1 is 1.37 bits per heavy atom. The molecule has 1 aliphatic heterocycles. The second-order valence-electron chi connectivity index (χ2n) is 6.26. The molecule has 102 valence electrons. The predicted molar refractivity (Wildman–Crippen MR) is 78.0 cm³/mol. The summed E-state index contributed by atoms with van der Waals surface area (Å²) in [4.78, 5) is 5.90. The van der Waals surface area contributed by atoms with Crippen LogP contribution in [-0.4, -0.2) is 33.7 Å². The first-order valence-electron chi connectivity index (χ1n) is 7.04. The van der Waals surface area contributed by atoms with Crippen LogP contribution in [0.4, 0.5) is 0 Å². The van der Waals surface area contributed by atoms with Gasteiger partial charge in [0.2, 0.25) is 0 Å². The summed E-state index contributed by atoms with van der Waals surface area (Å²) in [6.45, 7) is 6.85. The van der Waals surface area contributed by atoms with Crippen molar-refractivity contribution in [3.63, 3.8) is 0 Å². The summed E-state index contributed by atoms with van der Waals surface area (Å²) < 4.78 is 0. The van der Waals surface area contributed by atoms with Gasteiger partial charge in [-0.25, -0.2) is 0 Å². The number of aliphatic hydroxyl groups is 1. The van der Waals surface area contributed by atoms with Gasteiger partial charge in [-0.15, -0.1) is 0 Å². The Morgan fingerprint density at radius 2 is 2.16 bits per heavy atom. The number of nitrogens with zero attached hydrogens (tertiary/aromatic N) is 1. The molecule has 1 fully saturated rings. The molecule has 3 nitrogen and oxygen atoms in total. The van der Waals surface area contributed by atoms with Crippen LogP contribution in [0.2, 0.25) is 0 Å². The molecule has 1 aromatic carbocycles. The van der Waals surface area contributed by atoms with Gasteiger partial charge in [-0.2, -0.15) is 0 Å². The van der Waals surface area contributed by atoms with Crippen LogP contribution in [0.1, 0.15) is 26.0 Å². The maximum Gasteiger partial charge on any atom is 0.0632 e. The summed E-state index contributed by atoms with van der Waals surface area (Å²) in [6.07, 6.45) is 1.09. The highest BCUT2D eigenvalue weighted by Crippen LogP contribution is 2.28. The normalized spacial score (nSPS) is 21.3. The van der Waals surface area contributed by atoms with E-state index in [1.54, 1.807) is 0 Å². The molecule has 3 rings (SSSR count). The molecule has 1 aromatic heterocycles. The molecule has 0 unspecified atom stereocenters. The summed E-state index contributed by atoms with van der Waals surface area (Å²) in [5.74, 6) is 0.386. The molecule has 1 aliphatic rings. The van der Waals surface area contributed by atoms with Crippen molar-refractivity contribution in [1.82, 2.24) is 9.88 Å². The molecule has 2 aromatic rings. The zero-order chi connectivity index (χ0) is 13.5. The topological polar surface area (TPSA) is 39.3 Å². The largest absolute Gasteiger partial charge is 0.390 e. The van der Waals surface area contributed by atoms with Crippen molar-refractivity contribution in [1.29, 1.82) is 0 Å². The number of nitrogens with one attached hydrogen (secondary N) is 1. The summed E-state index contributed by atoms with van der Waals surface area (Å²) in [5.41, 5.74) is 1.91. The fourth-order valence-corrected chi connectivity index (χ4v) is 3.01. The minimum Gasteiger partial charge on any atom is -0.390 e. The number of hydrogen-bond donors (Lipinski definition) is 2. The Morgan fingerprint density at radius 3 is 2.84 bits per heavy atom. The fourth-order valence-electron chi connectivity index (χ4n) is 3.01. The zero-order valence-electron chi connectivity index (χ0n) is 11.7. The molecule has 1 atom stereocenters. The highest BCUT2D eigenvalue weighted by molar-refractivity contribution is 5.80. The molecule has 3 heteroatoms. The van der Waals surface area contributed by atoms with E-state index in [9.17, 15) is 5.11 Å². The first-order chi connectivity index (χ1) is 9.02. The van der Waals surface area contributed by atoms with Gasteiger partial charge in [0.05, 0.1) is 5.60 Å². The number of aromatic nitrogens is 1. The molecular formula is C16H22N2O. The third-order valence-electron chi connectivity index (χ3n) is 4.25. The van der Waals surface area contributed by atoms with Crippen LogP contribution in [0, 0.1) is 5.92 Å². The van der Waals surface area contributed by atoms with E-state index in [0.29, 0.717) is 5.92 Å². The van der Waals surface area contributed by atoms with Crippen LogP contribution < -0.4 is 0 Å². The minimum absolute atomic E-state index is 0.386. The zero-order valence-corrected chi connectivity index (χ0v) is 11.7. The van der Waals surface area contributed by atoms with E-state index in [1.807, 2.05) is 13.8 Å². The summed E-state index contributed by atoms with van der Waals surface area (Å²) >= 11 is 0. The minimum atomic E-state index is -0.560. The van der Waals surface area contributed by atoms with Crippen molar-refractivity contribution in [2.45, 2.75) is 32.4 Å². The average Bonchev–Trinajstić information content (AvgIpc) is 2.94. The van der Waals surface area contributed by atoms with Crippen LogP contribution in [0.15, 0.2) is 30.3 Å². The number of fused-ring (bicyclic) bond motifs is 1. The van der Waals surface area contributed by atoms with E-state index in [1.165, 1.54) is 16.6 Å². The number of benzene rings is 1. The lowest BCUT2D eigenvalue weighted by molar-refractivity contribution is 0.0207. The van der Waals surface area contributed by atoms with Crippen molar-refractivity contribution in [2.75, 3.05) is 13.1 Å². The van der Waals surface area contributed by atoms with Crippen molar-refractivity contribution >= 4 is 10.9 Å². The van der Waals surface area contributed by atoms with E-state index < -0.39 is 5.60 Å². The molecule has 0 radical (unpaired) electrons. The van der Waals surface area contributed by atoms with Gasteiger partial charge in [0.15, 0.2) is 0 Å². The number of hydrogen-bond acceptors (Lipinski definition) is 2. The van der Waals surface area contributed by atoms with Crippen LogP contribution >= 0.6 is 0 Å². The van der Waals surface area contributed by atoms with Crippen molar-refractivity contribution < 1.29 is 5.11 Å². The Labute approximate surface area is 114 Å². The molecule has 2 N–H and O–H groups in total. The molecule has 2 heterocycles. The molecule has 0 spiro atoms. The lowest BCUT2D eigenvalue weighted by atomic mass is 9.90. The predicted octanol–water partition coefficient (Wildman–Crippen LogP) is 2.76. The highest BCUT2D eigenvalue weighted by Gasteiger charge is 2.33. The van der Waals surface area contributed by atoms with E-state index >= 15 is 0 Å². The average molecular weight is 258 g/mol. The van der Waals surface area contributed by atoms with Crippen LogP contribution in [0.3, 0.4) is 0 Å². The van der Waals surface area contributed by atoms with E-state index in [2.05, 4.69) is 40.2 Å². The molecular weight excluding hydrogens is 236 g/mol. The molecule has 1 saturated heterocycles. The van der Waals surface area contributed by atoms with Crippen molar-refractivity contribution in [2.24, 2.45) is 5.92 Å². The number of para-hydroxylation sites is 1. The highest BCUT2D eigenvalue weighted by atomic mass is 16.3. The van der Waals surface area contributed by atoms with Gasteiger partial charge in [0.1, 0.15) is 0 Å². The van der Waals surface area contributed by atoms with E-state index in [0.717, 1.165) is 26.1 Å². The van der Waals surface area contributed by atoms with Gasteiger partial charge >= 0.3 is 0 Å². The van der Waals surface area contributed by atoms with Crippen LogP contribution in [0.5, 0.6) is 0 Å². The van der Waals surface area contributed by atoms with Crippen molar-refractivity contribution in [3.8, 4) is 0 Å². The van der Waals surface area contributed by atoms with Gasteiger partial charge in [-0.1, -0.05) is 18.2 Å². The maximum atomic E-state index is 10.1. The SMILES string of the molecule is CC(C)(O)[C@@H]1CCN(Cc2cc3ccccc3[nH]2)C1. The smallest absolute Gasteiger partial charge is 0.0632 e. The van der Waals surface area contributed by atoms with Gasteiger partial charge in [0, 0.05) is 30.2 Å². The fraction of sp³-hybridized carbons (Fsp3) is 0.500. The second kappa shape index (κ2) is 4.66. The standard InChI is InChI=1S/C16H22N2O/c1-16(2,19)13-7-8-18(10-13)11-14-9-12-5-3-4-6-15(12)17-14/h3-6,9,13,17,19H,7-8,10-11H2,1-2H3/t13-/m1/s1. The lowest BCUT2D eigenvalue weighted by Crippen LogP contribution is -2.33. The number of aromatic amines is 1. The second-order valence-corrected chi connectivity index (χ2v) is 6.26. The Balaban J connectivity index is 1.69. The summed E-state index contributed by atoms with van der Waals surface area (Å²) in [6, 6.07) is 10.6. The van der Waals surface area contributed by atoms with E-state index in [4.69, 9.17) is 0 Å². The third-order valence-corrected chi connectivity index (χ3v) is 4.25. The van der Waals surface area contributed by atoms with Gasteiger partial charge in [-0.05, 0) is 44.3 Å². The quantitative estimate of drug-likeness (QED) is 0.888. The summed E-state index contributed by atoms with van der Waals surface area (Å²) in [5, 5.41) is 11.4. The lowest BCUT2D eigenvalue weighted by Gasteiger charge is -2.25. The van der Waals surface area contributed by atoms with Gasteiger partial charge in [0.25, 0.3) is 0 Å². The Kier molecular flexibility index (Phi) is 3.11. The number of rotatable bonds is 3.